The number of hydrogen-bond acceptors (Lipinski definition) is 6. The first kappa shape index (κ1) is 20.6. The first-order valence-corrected chi connectivity index (χ1v) is 11.0. The van der Waals surface area contributed by atoms with Gasteiger partial charge in [0, 0.05) is 52.7 Å². The molecule has 1 saturated heterocycles. The summed E-state index contributed by atoms with van der Waals surface area (Å²) >= 11 is 0. The Kier molecular flexibility index (Phi) is 5.59. The number of fused-ring (bicyclic) bond motifs is 3. The van der Waals surface area contributed by atoms with E-state index in [1.807, 2.05) is 30.3 Å². The minimum atomic E-state index is -0.102. The van der Waals surface area contributed by atoms with Gasteiger partial charge in [0.25, 0.3) is 5.91 Å². The van der Waals surface area contributed by atoms with E-state index >= 15 is 0 Å². The van der Waals surface area contributed by atoms with Crippen molar-refractivity contribution in [2.24, 2.45) is 0 Å². The fourth-order valence-electron chi connectivity index (χ4n) is 4.58. The van der Waals surface area contributed by atoms with Crippen LogP contribution in [0, 0.1) is 5.41 Å². The van der Waals surface area contributed by atoms with Crippen LogP contribution >= 0.6 is 0 Å². The highest BCUT2D eigenvalue weighted by Crippen LogP contribution is 2.36. The molecule has 2 aliphatic heterocycles. The molecule has 0 radical (unpaired) electrons. The zero-order valence-electron chi connectivity index (χ0n) is 17.8. The summed E-state index contributed by atoms with van der Waals surface area (Å²) in [5.74, 6) is -0.102. The zero-order valence-corrected chi connectivity index (χ0v) is 17.8. The van der Waals surface area contributed by atoms with E-state index in [4.69, 9.17) is 25.6 Å². The summed E-state index contributed by atoms with van der Waals surface area (Å²) in [6.07, 6.45) is 4.21. The average Bonchev–Trinajstić information content (AvgIpc) is 3.36. The number of carbonyl (C=O) groups excluding carboxylic acids is 1. The maximum Gasteiger partial charge on any atom is 0.251 e. The van der Waals surface area contributed by atoms with Crippen molar-refractivity contribution in [2.45, 2.75) is 32.0 Å². The molecule has 1 atom stereocenters. The Hall–Kier alpha value is -3.29. The van der Waals surface area contributed by atoms with Gasteiger partial charge in [-0.3, -0.25) is 4.79 Å². The van der Waals surface area contributed by atoms with Gasteiger partial charge in [0.05, 0.1) is 30.5 Å². The van der Waals surface area contributed by atoms with Gasteiger partial charge >= 0.3 is 0 Å². The minimum absolute atomic E-state index is 0.102. The van der Waals surface area contributed by atoms with Crippen LogP contribution in [-0.2, 0) is 22.5 Å². The molecule has 0 spiro atoms. The smallest absolute Gasteiger partial charge is 0.251 e. The number of benzene rings is 2. The lowest BCUT2D eigenvalue weighted by Gasteiger charge is -2.23. The highest BCUT2D eigenvalue weighted by atomic mass is 16.5. The number of anilines is 1. The van der Waals surface area contributed by atoms with Gasteiger partial charge in [-0.05, 0) is 49.1 Å². The van der Waals surface area contributed by atoms with Crippen molar-refractivity contribution in [3.8, 4) is 11.3 Å². The van der Waals surface area contributed by atoms with Crippen molar-refractivity contribution in [3.05, 3.63) is 58.7 Å². The molecule has 3 aromatic rings. The first-order valence-electron chi connectivity index (χ1n) is 11.0. The molecule has 32 heavy (non-hydrogen) atoms. The Morgan fingerprint density at radius 3 is 2.78 bits per heavy atom. The maximum atomic E-state index is 12.5. The van der Waals surface area contributed by atoms with Crippen molar-refractivity contribution >= 4 is 28.7 Å². The Bertz CT molecular complexity index is 1180. The van der Waals surface area contributed by atoms with Gasteiger partial charge in [-0.25, -0.2) is 4.98 Å². The fourth-order valence-corrected chi connectivity index (χ4v) is 4.58. The highest BCUT2D eigenvalue weighted by molar-refractivity contribution is 6.05. The SMILES string of the molecule is N=Cc1c(N)ccc2nc(-c3ccc(C(=O)NC[C@H]4CCCO4)cc3)c3c(c12)CCOC3. The number of rotatable bonds is 5. The molecule has 0 bridgehead atoms. The topological polar surface area (TPSA) is 110 Å². The molecule has 1 amide bonds. The lowest BCUT2D eigenvalue weighted by Crippen LogP contribution is -2.31. The molecular weight excluding hydrogens is 404 g/mol. The molecule has 4 N–H and O–H groups in total. The number of nitrogen functional groups attached to an aromatic ring is 1. The van der Waals surface area contributed by atoms with Crippen molar-refractivity contribution in [3.63, 3.8) is 0 Å². The predicted molar refractivity (Wildman–Crippen MR) is 124 cm³/mol. The third-order valence-electron chi connectivity index (χ3n) is 6.26. The average molecular weight is 431 g/mol. The highest BCUT2D eigenvalue weighted by Gasteiger charge is 2.22. The molecule has 164 valence electrons. The molecule has 7 nitrogen and oxygen atoms in total. The summed E-state index contributed by atoms with van der Waals surface area (Å²) in [7, 11) is 0. The third-order valence-corrected chi connectivity index (χ3v) is 6.26. The molecule has 2 aliphatic rings. The van der Waals surface area contributed by atoms with Crippen LogP contribution in [0.15, 0.2) is 36.4 Å². The van der Waals surface area contributed by atoms with Gasteiger partial charge in [-0.2, -0.15) is 0 Å². The van der Waals surface area contributed by atoms with Gasteiger partial charge in [-0.1, -0.05) is 12.1 Å². The monoisotopic (exact) mass is 430 g/mol. The zero-order chi connectivity index (χ0) is 22.1. The molecule has 5 rings (SSSR count). The normalized spacial score (nSPS) is 17.8. The lowest BCUT2D eigenvalue weighted by molar-refractivity contribution is 0.0858. The van der Waals surface area contributed by atoms with Crippen molar-refractivity contribution < 1.29 is 14.3 Å². The Morgan fingerprint density at radius 2 is 2.03 bits per heavy atom. The summed E-state index contributed by atoms with van der Waals surface area (Å²) in [5.41, 5.74) is 12.8. The molecule has 3 heterocycles. The number of nitrogens with zero attached hydrogens (tertiary/aromatic N) is 1. The van der Waals surface area contributed by atoms with E-state index in [0.29, 0.717) is 36.6 Å². The number of carbonyl (C=O) groups is 1. The summed E-state index contributed by atoms with van der Waals surface area (Å²) in [6.45, 7) is 2.40. The van der Waals surface area contributed by atoms with Crippen LogP contribution in [0.2, 0.25) is 0 Å². The second kappa shape index (κ2) is 8.68. The number of nitrogens with two attached hydrogens (primary N) is 1. The van der Waals surface area contributed by atoms with Gasteiger partial charge in [0.15, 0.2) is 0 Å². The second-order valence-corrected chi connectivity index (χ2v) is 8.25. The number of pyridine rings is 1. The number of nitrogens with one attached hydrogen (secondary N) is 2. The standard InChI is InChI=1S/C25H26N4O3/c26-12-19-21(27)7-8-22-23(19)18-9-11-31-14-20(18)24(29-22)15-3-5-16(6-4-15)25(30)28-13-17-2-1-10-32-17/h3-8,12,17,26H,1-2,9-11,13-14,27H2,(H,28,30)/t17-/m1/s1. The predicted octanol–water partition coefficient (Wildman–Crippen LogP) is 3.46. The van der Waals surface area contributed by atoms with E-state index in [-0.39, 0.29) is 12.0 Å². The van der Waals surface area contributed by atoms with E-state index in [9.17, 15) is 4.79 Å². The van der Waals surface area contributed by atoms with E-state index in [0.717, 1.165) is 59.2 Å². The summed E-state index contributed by atoms with van der Waals surface area (Å²) < 4.78 is 11.3. The van der Waals surface area contributed by atoms with Crippen LogP contribution in [0.3, 0.4) is 0 Å². The number of aromatic nitrogens is 1. The summed E-state index contributed by atoms with van der Waals surface area (Å²) in [6, 6.07) is 11.2. The summed E-state index contributed by atoms with van der Waals surface area (Å²) in [5, 5.41) is 11.7. The number of ether oxygens (including phenoxy) is 2. The van der Waals surface area contributed by atoms with Gasteiger partial charge in [-0.15, -0.1) is 0 Å². The van der Waals surface area contributed by atoms with Crippen LogP contribution in [0.4, 0.5) is 5.69 Å². The van der Waals surface area contributed by atoms with Gasteiger partial charge in [0.1, 0.15) is 0 Å². The fraction of sp³-hybridized carbons (Fsp3) is 0.320. The lowest BCUT2D eigenvalue weighted by atomic mass is 9.91. The van der Waals surface area contributed by atoms with Crippen molar-refractivity contribution in [2.75, 3.05) is 25.5 Å². The number of amides is 1. The second-order valence-electron chi connectivity index (χ2n) is 8.25. The Morgan fingerprint density at radius 1 is 1.19 bits per heavy atom. The molecule has 1 aromatic heterocycles. The molecule has 1 fully saturated rings. The van der Waals surface area contributed by atoms with Crippen LogP contribution in [0.25, 0.3) is 22.2 Å². The van der Waals surface area contributed by atoms with Crippen LogP contribution in [-0.4, -0.2) is 43.0 Å². The third kappa shape index (κ3) is 3.74. The molecule has 0 unspecified atom stereocenters. The van der Waals surface area contributed by atoms with E-state index in [1.54, 1.807) is 6.07 Å². The van der Waals surface area contributed by atoms with Crippen LogP contribution in [0.1, 0.15) is 39.9 Å². The quantitative estimate of drug-likeness (QED) is 0.424. The van der Waals surface area contributed by atoms with Gasteiger partial charge in [0.2, 0.25) is 0 Å². The van der Waals surface area contributed by atoms with E-state index < -0.39 is 0 Å². The molecular formula is C25H26N4O3. The molecule has 0 aliphatic carbocycles. The first-order chi connectivity index (χ1) is 15.7. The van der Waals surface area contributed by atoms with Crippen molar-refractivity contribution in [1.82, 2.24) is 10.3 Å². The van der Waals surface area contributed by atoms with Crippen molar-refractivity contribution in [1.29, 1.82) is 5.41 Å². The van der Waals surface area contributed by atoms with Crippen LogP contribution < -0.4 is 11.1 Å². The molecule has 2 aromatic carbocycles. The maximum absolute atomic E-state index is 12.5. The number of hydrogen-bond donors (Lipinski definition) is 3. The minimum Gasteiger partial charge on any atom is -0.398 e. The van der Waals surface area contributed by atoms with E-state index in [1.165, 1.54) is 6.21 Å². The Balaban J connectivity index is 1.48. The largest absolute Gasteiger partial charge is 0.398 e. The molecule has 0 saturated carbocycles. The Labute approximate surface area is 186 Å². The molecule has 7 heteroatoms. The summed E-state index contributed by atoms with van der Waals surface area (Å²) in [4.78, 5) is 17.4. The van der Waals surface area contributed by atoms with E-state index in [2.05, 4.69) is 5.32 Å². The van der Waals surface area contributed by atoms with Gasteiger partial charge < -0.3 is 25.9 Å². The van der Waals surface area contributed by atoms with Crippen LogP contribution in [0.5, 0.6) is 0 Å².